The summed E-state index contributed by atoms with van der Waals surface area (Å²) in [6, 6.07) is 0. The van der Waals surface area contributed by atoms with Crippen molar-refractivity contribution < 1.29 is 14.3 Å². The standard InChI is InChI=1S/C35H69NO3/c1-4-7-10-13-14-15-20-25-30-36(33-37)31-26-21-16-19-24-29-35(38)39-32-34(27-22-17-11-8-5-2)28-23-18-12-9-6-3/h33-34H,4-32H2,1-3H3. The zero-order valence-electron chi connectivity index (χ0n) is 26.8. The Labute approximate surface area is 244 Å². The third-order valence-corrected chi connectivity index (χ3v) is 8.19. The molecule has 39 heavy (non-hydrogen) atoms. The SMILES string of the molecule is CCCCCCCCCCN(C=O)CCCCCCCC(=O)OCC(CCCCCCC)CCCCCCC. The fourth-order valence-corrected chi connectivity index (χ4v) is 5.45. The first-order chi connectivity index (χ1) is 19.2. The lowest BCUT2D eigenvalue weighted by Crippen LogP contribution is -2.24. The second-order valence-electron chi connectivity index (χ2n) is 12.1. The van der Waals surface area contributed by atoms with Gasteiger partial charge in [-0.2, -0.15) is 0 Å². The topological polar surface area (TPSA) is 46.6 Å². The quantitative estimate of drug-likeness (QED) is 0.0474. The van der Waals surface area contributed by atoms with E-state index in [-0.39, 0.29) is 5.97 Å². The Balaban J connectivity index is 3.85. The molecule has 0 aromatic heterocycles. The van der Waals surface area contributed by atoms with Crippen molar-refractivity contribution >= 4 is 12.4 Å². The Morgan fingerprint density at radius 3 is 1.38 bits per heavy atom. The van der Waals surface area contributed by atoms with Gasteiger partial charge in [-0.05, 0) is 38.0 Å². The lowest BCUT2D eigenvalue weighted by molar-refractivity contribution is -0.145. The van der Waals surface area contributed by atoms with Gasteiger partial charge in [-0.3, -0.25) is 9.59 Å². The molecule has 0 N–H and O–H groups in total. The van der Waals surface area contributed by atoms with Crippen LogP contribution >= 0.6 is 0 Å². The molecule has 0 atom stereocenters. The van der Waals surface area contributed by atoms with E-state index < -0.39 is 0 Å². The van der Waals surface area contributed by atoms with Crippen LogP contribution in [0.15, 0.2) is 0 Å². The number of carbonyl (C=O) groups is 2. The Bertz CT molecular complexity index is 496. The number of nitrogens with zero attached hydrogens (tertiary/aromatic N) is 1. The molecule has 0 bridgehead atoms. The van der Waals surface area contributed by atoms with Crippen molar-refractivity contribution in [3.63, 3.8) is 0 Å². The van der Waals surface area contributed by atoms with E-state index in [1.165, 1.54) is 122 Å². The van der Waals surface area contributed by atoms with Crippen LogP contribution in [0.25, 0.3) is 0 Å². The van der Waals surface area contributed by atoms with Crippen molar-refractivity contribution in [2.75, 3.05) is 19.7 Å². The van der Waals surface area contributed by atoms with Crippen LogP contribution in [0.3, 0.4) is 0 Å². The first kappa shape index (κ1) is 37.9. The lowest BCUT2D eigenvalue weighted by atomic mass is 9.95. The molecule has 1 amide bonds. The van der Waals surface area contributed by atoms with E-state index in [0.29, 0.717) is 18.9 Å². The zero-order chi connectivity index (χ0) is 28.7. The van der Waals surface area contributed by atoms with E-state index in [1.54, 1.807) is 0 Å². The third kappa shape index (κ3) is 28.3. The van der Waals surface area contributed by atoms with Gasteiger partial charge in [0.1, 0.15) is 0 Å². The fraction of sp³-hybridized carbons (Fsp3) is 0.943. The van der Waals surface area contributed by atoms with Crippen molar-refractivity contribution in [1.29, 1.82) is 0 Å². The van der Waals surface area contributed by atoms with Gasteiger partial charge < -0.3 is 9.64 Å². The summed E-state index contributed by atoms with van der Waals surface area (Å²) in [7, 11) is 0. The number of hydrogen-bond acceptors (Lipinski definition) is 3. The molecule has 0 radical (unpaired) electrons. The Hall–Kier alpha value is -1.06. The summed E-state index contributed by atoms with van der Waals surface area (Å²) in [5.41, 5.74) is 0. The maximum Gasteiger partial charge on any atom is 0.305 e. The molecule has 0 rings (SSSR count). The van der Waals surface area contributed by atoms with Gasteiger partial charge in [0.05, 0.1) is 6.61 Å². The van der Waals surface area contributed by atoms with E-state index in [4.69, 9.17) is 4.74 Å². The molecule has 0 saturated heterocycles. The molecule has 4 heteroatoms. The summed E-state index contributed by atoms with van der Waals surface area (Å²) in [4.78, 5) is 25.7. The number of hydrogen-bond donors (Lipinski definition) is 0. The van der Waals surface area contributed by atoms with E-state index in [1.807, 2.05) is 4.90 Å². The molecule has 0 aliphatic heterocycles. The summed E-state index contributed by atoms with van der Waals surface area (Å²) in [5, 5.41) is 0. The van der Waals surface area contributed by atoms with E-state index in [0.717, 1.165) is 58.0 Å². The molecule has 0 saturated carbocycles. The maximum absolute atomic E-state index is 12.3. The van der Waals surface area contributed by atoms with Crippen LogP contribution in [0.5, 0.6) is 0 Å². The third-order valence-electron chi connectivity index (χ3n) is 8.19. The molecule has 0 heterocycles. The van der Waals surface area contributed by atoms with E-state index in [2.05, 4.69) is 20.8 Å². The molecule has 0 aromatic carbocycles. The zero-order valence-corrected chi connectivity index (χ0v) is 26.8. The molecule has 232 valence electrons. The second kappa shape index (κ2) is 31.5. The Morgan fingerprint density at radius 2 is 0.949 bits per heavy atom. The van der Waals surface area contributed by atoms with Crippen molar-refractivity contribution in [2.24, 2.45) is 5.92 Å². The summed E-state index contributed by atoms with van der Waals surface area (Å²) >= 11 is 0. The van der Waals surface area contributed by atoms with E-state index >= 15 is 0 Å². The molecule has 0 unspecified atom stereocenters. The van der Waals surface area contributed by atoms with Gasteiger partial charge in [-0.15, -0.1) is 0 Å². The van der Waals surface area contributed by atoms with Crippen LogP contribution in [0, 0.1) is 5.92 Å². The van der Waals surface area contributed by atoms with Gasteiger partial charge in [-0.25, -0.2) is 0 Å². The van der Waals surface area contributed by atoms with Gasteiger partial charge in [-0.1, -0.05) is 149 Å². The minimum atomic E-state index is -0.00513. The predicted molar refractivity (Wildman–Crippen MR) is 169 cm³/mol. The van der Waals surface area contributed by atoms with Gasteiger partial charge in [0, 0.05) is 19.5 Å². The van der Waals surface area contributed by atoms with Crippen molar-refractivity contribution in [1.82, 2.24) is 4.90 Å². The number of unbranched alkanes of at least 4 members (excludes halogenated alkanes) is 19. The Morgan fingerprint density at radius 1 is 0.564 bits per heavy atom. The number of amides is 1. The maximum atomic E-state index is 12.3. The average Bonchev–Trinajstić information content (AvgIpc) is 2.94. The summed E-state index contributed by atoms with van der Waals surface area (Å²) in [6.07, 6.45) is 32.9. The van der Waals surface area contributed by atoms with Crippen LogP contribution in [0.1, 0.15) is 188 Å². The van der Waals surface area contributed by atoms with Crippen LogP contribution in [-0.4, -0.2) is 37.0 Å². The minimum absolute atomic E-state index is 0.00513. The summed E-state index contributed by atoms with van der Waals surface area (Å²) < 4.78 is 5.73. The lowest BCUT2D eigenvalue weighted by Gasteiger charge is -2.17. The first-order valence-electron chi connectivity index (χ1n) is 17.5. The number of rotatable bonds is 32. The van der Waals surface area contributed by atoms with Gasteiger partial charge in [0.2, 0.25) is 6.41 Å². The van der Waals surface area contributed by atoms with Crippen LogP contribution in [0.2, 0.25) is 0 Å². The van der Waals surface area contributed by atoms with Gasteiger partial charge >= 0.3 is 5.97 Å². The van der Waals surface area contributed by atoms with Crippen molar-refractivity contribution in [2.45, 2.75) is 188 Å². The number of ether oxygens (including phenoxy) is 1. The normalized spacial score (nSPS) is 11.3. The predicted octanol–water partition coefficient (Wildman–Crippen LogP) is 10.8. The van der Waals surface area contributed by atoms with Crippen LogP contribution in [0.4, 0.5) is 0 Å². The van der Waals surface area contributed by atoms with E-state index in [9.17, 15) is 9.59 Å². The number of carbonyl (C=O) groups excluding carboxylic acids is 2. The molecule has 4 nitrogen and oxygen atoms in total. The monoisotopic (exact) mass is 552 g/mol. The largest absolute Gasteiger partial charge is 0.465 e. The van der Waals surface area contributed by atoms with Crippen LogP contribution < -0.4 is 0 Å². The molecular weight excluding hydrogens is 482 g/mol. The van der Waals surface area contributed by atoms with Gasteiger partial charge in [0.25, 0.3) is 0 Å². The second-order valence-corrected chi connectivity index (χ2v) is 12.1. The highest BCUT2D eigenvalue weighted by Gasteiger charge is 2.12. The number of esters is 1. The van der Waals surface area contributed by atoms with Crippen LogP contribution in [-0.2, 0) is 14.3 Å². The minimum Gasteiger partial charge on any atom is -0.465 e. The molecule has 0 aliphatic carbocycles. The highest BCUT2D eigenvalue weighted by atomic mass is 16.5. The van der Waals surface area contributed by atoms with Crippen molar-refractivity contribution in [3.8, 4) is 0 Å². The molecule has 0 spiro atoms. The molecule has 0 aliphatic rings. The van der Waals surface area contributed by atoms with Gasteiger partial charge in [0.15, 0.2) is 0 Å². The molecule has 0 aromatic rings. The first-order valence-corrected chi connectivity index (χ1v) is 17.5. The highest BCUT2D eigenvalue weighted by molar-refractivity contribution is 5.69. The molecular formula is C35H69NO3. The summed E-state index contributed by atoms with van der Waals surface area (Å²) in [5.74, 6) is 0.540. The summed E-state index contributed by atoms with van der Waals surface area (Å²) in [6.45, 7) is 9.19. The molecule has 0 fully saturated rings. The highest BCUT2D eigenvalue weighted by Crippen LogP contribution is 2.20. The van der Waals surface area contributed by atoms with Crippen molar-refractivity contribution in [3.05, 3.63) is 0 Å². The Kier molecular flexibility index (Phi) is 30.6. The smallest absolute Gasteiger partial charge is 0.305 e. The fourth-order valence-electron chi connectivity index (χ4n) is 5.45. The average molecular weight is 552 g/mol.